The molecule has 1 aromatic rings. The van der Waals surface area contributed by atoms with Crippen LogP contribution in [-0.2, 0) is 18.3 Å². The Labute approximate surface area is 90.6 Å². The molecule has 1 aromatic heterocycles. The van der Waals surface area contributed by atoms with Crippen molar-refractivity contribution >= 4 is 0 Å². The smallest absolute Gasteiger partial charge is 0.0726 e. The predicted molar refractivity (Wildman–Crippen MR) is 58.5 cm³/mol. The molecular weight excluding hydrogens is 190 g/mol. The van der Waals surface area contributed by atoms with Crippen LogP contribution in [-0.4, -0.2) is 28.5 Å². The molecule has 0 radical (unpaired) electrons. The van der Waals surface area contributed by atoms with Gasteiger partial charge in [0.15, 0.2) is 0 Å². The summed E-state index contributed by atoms with van der Waals surface area (Å²) in [7, 11) is 1.97. The van der Waals surface area contributed by atoms with E-state index in [4.69, 9.17) is 4.74 Å². The number of aryl methyl sites for hydroxylation is 1. The fourth-order valence-corrected chi connectivity index (χ4v) is 1.97. The SMILES string of the molecule is CC(NCc1ccnn1C)C1CCCO1. The van der Waals surface area contributed by atoms with E-state index in [-0.39, 0.29) is 0 Å². The first-order chi connectivity index (χ1) is 7.27. The summed E-state index contributed by atoms with van der Waals surface area (Å²) in [6, 6.07) is 2.46. The van der Waals surface area contributed by atoms with E-state index in [1.165, 1.54) is 18.5 Å². The molecule has 2 heterocycles. The highest BCUT2D eigenvalue weighted by molar-refractivity contribution is 4.99. The van der Waals surface area contributed by atoms with Gasteiger partial charge >= 0.3 is 0 Å². The minimum absolute atomic E-state index is 0.387. The molecule has 1 fully saturated rings. The van der Waals surface area contributed by atoms with E-state index in [0.29, 0.717) is 12.1 Å². The summed E-state index contributed by atoms with van der Waals surface area (Å²) in [5.41, 5.74) is 1.21. The van der Waals surface area contributed by atoms with Gasteiger partial charge in [0.25, 0.3) is 0 Å². The van der Waals surface area contributed by atoms with Gasteiger partial charge in [0.1, 0.15) is 0 Å². The number of ether oxygens (including phenoxy) is 1. The monoisotopic (exact) mass is 209 g/mol. The lowest BCUT2D eigenvalue weighted by molar-refractivity contribution is 0.0830. The second-order valence-electron chi connectivity index (χ2n) is 4.17. The molecule has 1 aliphatic rings. The van der Waals surface area contributed by atoms with E-state index in [0.717, 1.165) is 13.2 Å². The molecule has 0 aromatic carbocycles. The van der Waals surface area contributed by atoms with Crippen molar-refractivity contribution in [1.82, 2.24) is 15.1 Å². The lowest BCUT2D eigenvalue weighted by Gasteiger charge is -2.19. The fraction of sp³-hybridized carbons (Fsp3) is 0.727. The summed E-state index contributed by atoms with van der Waals surface area (Å²) >= 11 is 0. The topological polar surface area (TPSA) is 39.1 Å². The van der Waals surface area contributed by atoms with Gasteiger partial charge in [-0.05, 0) is 25.8 Å². The Balaban J connectivity index is 1.80. The Morgan fingerprint density at radius 2 is 2.60 bits per heavy atom. The Hall–Kier alpha value is -0.870. The van der Waals surface area contributed by atoms with Crippen LogP contribution in [0.15, 0.2) is 12.3 Å². The third kappa shape index (κ3) is 2.58. The molecule has 1 N–H and O–H groups in total. The largest absolute Gasteiger partial charge is 0.377 e. The number of hydrogen-bond acceptors (Lipinski definition) is 3. The molecule has 84 valence electrons. The lowest BCUT2D eigenvalue weighted by Crippen LogP contribution is -2.36. The average Bonchev–Trinajstić information content (AvgIpc) is 2.85. The fourth-order valence-electron chi connectivity index (χ4n) is 1.97. The van der Waals surface area contributed by atoms with Crippen LogP contribution in [0.4, 0.5) is 0 Å². The first-order valence-electron chi connectivity index (χ1n) is 5.59. The maximum absolute atomic E-state index is 5.63. The molecule has 0 saturated carbocycles. The van der Waals surface area contributed by atoms with Gasteiger partial charge in [-0.1, -0.05) is 0 Å². The molecule has 0 aliphatic carbocycles. The summed E-state index contributed by atoms with van der Waals surface area (Å²) in [6.45, 7) is 3.96. The Morgan fingerprint density at radius 3 is 3.20 bits per heavy atom. The summed E-state index contributed by atoms with van der Waals surface area (Å²) in [6.07, 6.45) is 4.59. The Bertz CT molecular complexity index is 305. The van der Waals surface area contributed by atoms with Crippen LogP contribution >= 0.6 is 0 Å². The molecule has 1 saturated heterocycles. The zero-order chi connectivity index (χ0) is 10.7. The van der Waals surface area contributed by atoms with E-state index in [2.05, 4.69) is 17.3 Å². The second kappa shape index (κ2) is 4.77. The van der Waals surface area contributed by atoms with E-state index in [1.807, 2.05) is 24.0 Å². The highest BCUT2D eigenvalue weighted by Gasteiger charge is 2.21. The van der Waals surface area contributed by atoms with Crippen LogP contribution in [0, 0.1) is 0 Å². The maximum Gasteiger partial charge on any atom is 0.0726 e. The van der Waals surface area contributed by atoms with E-state index < -0.39 is 0 Å². The molecular formula is C11H19N3O. The van der Waals surface area contributed by atoms with Gasteiger partial charge in [-0.2, -0.15) is 5.10 Å². The van der Waals surface area contributed by atoms with Crippen molar-refractivity contribution in [3.8, 4) is 0 Å². The average molecular weight is 209 g/mol. The van der Waals surface area contributed by atoms with Crippen LogP contribution in [0.2, 0.25) is 0 Å². The number of nitrogens with zero attached hydrogens (tertiary/aromatic N) is 2. The first-order valence-corrected chi connectivity index (χ1v) is 5.59. The second-order valence-corrected chi connectivity index (χ2v) is 4.17. The van der Waals surface area contributed by atoms with Gasteiger partial charge in [0, 0.05) is 32.4 Å². The molecule has 0 bridgehead atoms. The summed E-state index contributed by atoms with van der Waals surface area (Å²) < 4.78 is 7.53. The zero-order valence-corrected chi connectivity index (χ0v) is 9.44. The minimum atomic E-state index is 0.387. The number of hydrogen-bond donors (Lipinski definition) is 1. The number of nitrogens with one attached hydrogen (secondary N) is 1. The first kappa shape index (κ1) is 10.6. The van der Waals surface area contributed by atoms with E-state index in [1.54, 1.807) is 0 Å². The Morgan fingerprint density at radius 1 is 1.73 bits per heavy atom. The van der Waals surface area contributed by atoms with E-state index >= 15 is 0 Å². The van der Waals surface area contributed by atoms with Crippen LogP contribution < -0.4 is 5.32 Å². The summed E-state index contributed by atoms with van der Waals surface area (Å²) in [5.74, 6) is 0. The molecule has 0 spiro atoms. The number of rotatable bonds is 4. The summed E-state index contributed by atoms with van der Waals surface area (Å²) in [4.78, 5) is 0. The highest BCUT2D eigenvalue weighted by atomic mass is 16.5. The Kier molecular flexibility index (Phi) is 3.38. The van der Waals surface area contributed by atoms with Gasteiger partial charge in [-0.3, -0.25) is 4.68 Å². The predicted octanol–water partition coefficient (Wildman–Crippen LogP) is 1.08. The van der Waals surface area contributed by atoms with Gasteiger partial charge in [0.2, 0.25) is 0 Å². The van der Waals surface area contributed by atoms with Crippen molar-refractivity contribution in [2.75, 3.05) is 6.61 Å². The molecule has 4 heteroatoms. The van der Waals surface area contributed by atoms with Crippen molar-refractivity contribution in [3.05, 3.63) is 18.0 Å². The van der Waals surface area contributed by atoms with Crippen molar-refractivity contribution < 1.29 is 4.74 Å². The third-order valence-corrected chi connectivity index (χ3v) is 3.05. The molecule has 2 unspecified atom stereocenters. The van der Waals surface area contributed by atoms with Crippen LogP contribution in [0.25, 0.3) is 0 Å². The van der Waals surface area contributed by atoms with Crippen molar-refractivity contribution in [2.24, 2.45) is 7.05 Å². The molecule has 1 aliphatic heterocycles. The van der Waals surface area contributed by atoms with Crippen LogP contribution in [0.5, 0.6) is 0 Å². The third-order valence-electron chi connectivity index (χ3n) is 3.05. The normalized spacial score (nSPS) is 23.2. The van der Waals surface area contributed by atoms with Gasteiger partial charge < -0.3 is 10.1 Å². The molecule has 15 heavy (non-hydrogen) atoms. The van der Waals surface area contributed by atoms with Gasteiger partial charge in [-0.25, -0.2) is 0 Å². The van der Waals surface area contributed by atoms with Crippen molar-refractivity contribution in [1.29, 1.82) is 0 Å². The molecule has 2 rings (SSSR count). The minimum Gasteiger partial charge on any atom is -0.377 e. The number of aromatic nitrogens is 2. The lowest BCUT2D eigenvalue weighted by atomic mass is 10.1. The quantitative estimate of drug-likeness (QED) is 0.806. The summed E-state index contributed by atoms with van der Waals surface area (Å²) in [5, 5.41) is 7.62. The maximum atomic E-state index is 5.63. The standard InChI is InChI=1S/C11H19N3O/c1-9(11-4-3-7-15-11)12-8-10-5-6-13-14(10)2/h5-6,9,11-12H,3-4,7-8H2,1-2H3. The molecule has 2 atom stereocenters. The van der Waals surface area contributed by atoms with Crippen molar-refractivity contribution in [3.63, 3.8) is 0 Å². The molecule has 0 amide bonds. The van der Waals surface area contributed by atoms with Crippen molar-refractivity contribution in [2.45, 2.75) is 38.5 Å². The van der Waals surface area contributed by atoms with Gasteiger partial charge in [-0.15, -0.1) is 0 Å². The van der Waals surface area contributed by atoms with E-state index in [9.17, 15) is 0 Å². The van der Waals surface area contributed by atoms with Crippen LogP contribution in [0.1, 0.15) is 25.5 Å². The van der Waals surface area contributed by atoms with Crippen LogP contribution in [0.3, 0.4) is 0 Å². The van der Waals surface area contributed by atoms with Gasteiger partial charge in [0.05, 0.1) is 11.8 Å². The highest BCUT2D eigenvalue weighted by Crippen LogP contribution is 2.15. The molecule has 4 nitrogen and oxygen atoms in total. The zero-order valence-electron chi connectivity index (χ0n) is 9.44.